The summed E-state index contributed by atoms with van der Waals surface area (Å²) in [6, 6.07) is 11.5. The van der Waals surface area contributed by atoms with E-state index in [4.69, 9.17) is 17.3 Å². The predicted octanol–water partition coefficient (Wildman–Crippen LogP) is 5.40. The van der Waals surface area contributed by atoms with Gasteiger partial charge in [-0.05, 0) is 48.6 Å². The van der Waals surface area contributed by atoms with Crippen LogP contribution in [0.4, 0.5) is 11.5 Å². The van der Waals surface area contributed by atoms with E-state index in [1.165, 1.54) is 24.6 Å². The Kier molecular flexibility index (Phi) is 7.43. The van der Waals surface area contributed by atoms with Gasteiger partial charge in [-0.25, -0.2) is 9.83 Å². The molecule has 0 bridgehead atoms. The average Bonchev–Trinajstić information content (AvgIpc) is 3.53. The van der Waals surface area contributed by atoms with E-state index < -0.39 is 11.2 Å². The normalized spacial score (nSPS) is 14.8. The molecular weight excluding hydrogens is 418 g/mol. The van der Waals surface area contributed by atoms with Crippen LogP contribution >= 0.6 is 11.8 Å². The molecule has 1 amide bonds. The van der Waals surface area contributed by atoms with Crippen LogP contribution in [-0.4, -0.2) is 24.5 Å². The zero-order valence-electron chi connectivity index (χ0n) is 18.9. The summed E-state index contributed by atoms with van der Waals surface area (Å²) in [5.74, 6) is 0.0716. The number of amides is 1. The first-order valence-corrected chi connectivity index (χ1v) is 11.8. The van der Waals surface area contributed by atoms with Crippen molar-refractivity contribution in [1.29, 1.82) is 5.26 Å². The van der Waals surface area contributed by atoms with Crippen LogP contribution in [0.25, 0.3) is 4.85 Å². The van der Waals surface area contributed by atoms with E-state index in [-0.39, 0.29) is 0 Å². The standard InChI is InChI=1S/C25H29N5OS/c1-5-18-19(16-26)24(32-21(22(27)31)17-10-7-6-8-11-17)29-23(20(18)28-3)30(4)15-9-12-25(2)13-14-25/h6-8,10-11,21H,5,9,12-15H2,1-2,4H3,(H2,27,31). The third-order valence-electron chi connectivity index (χ3n) is 6.13. The van der Waals surface area contributed by atoms with E-state index in [1.54, 1.807) is 0 Å². The number of carbonyl (C=O) groups is 1. The minimum Gasteiger partial charge on any atom is -0.368 e. The number of thioether (sulfide) groups is 1. The molecule has 1 aromatic carbocycles. The van der Waals surface area contributed by atoms with Crippen molar-refractivity contribution in [2.45, 2.75) is 56.2 Å². The number of primary amides is 1. The first kappa shape index (κ1) is 23.6. The molecule has 2 N–H and O–H groups in total. The minimum atomic E-state index is -0.674. The Balaban J connectivity index is 1.99. The maximum atomic E-state index is 12.3. The lowest BCUT2D eigenvalue weighted by molar-refractivity contribution is -0.117. The van der Waals surface area contributed by atoms with Crippen LogP contribution in [-0.2, 0) is 11.2 Å². The lowest BCUT2D eigenvalue weighted by Crippen LogP contribution is -2.22. The van der Waals surface area contributed by atoms with E-state index in [1.807, 2.05) is 49.2 Å². The molecule has 3 rings (SSSR count). The monoisotopic (exact) mass is 447 g/mol. The Bertz CT molecular complexity index is 1070. The maximum Gasteiger partial charge on any atom is 0.235 e. The Morgan fingerprint density at radius 1 is 1.41 bits per heavy atom. The fourth-order valence-electron chi connectivity index (χ4n) is 3.86. The van der Waals surface area contributed by atoms with Crippen LogP contribution < -0.4 is 10.6 Å². The number of nitrogens with two attached hydrogens (primary N) is 1. The van der Waals surface area contributed by atoms with Gasteiger partial charge in [0.25, 0.3) is 0 Å². The van der Waals surface area contributed by atoms with Gasteiger partial charge in [-0.2, -0.15) is 5.26 Å². The van der Waals surface area contributed by atoms with E-state index in [9.17, 15) is 10.1 Å². The quantitative estimate of drug-likeness (QED) is 0.389. The number of carbonyl (C=O) groups excluding carboxylic acids is 1. The predicted molar refractivity (Wildman–Crippen MR) is 129 cm³/mol. The molecule has 7 heteroatoms. The van der Waals surface area contributed by atoms with Crippen molar-refractivity contribution < 1.29 is 4.79 Å². The molecule has 0 aliphatic heterocycles. The third kappa shape index (κ3) is 5.23. The van der Waals surface area contributed by atoms with Crippen molar-refractivity contribution in [3.8, 4) is 6.07 Å². The number of benzene rings is 1. The summed E-state index contributed by atoms with van der Waals surface area (Å²) in [5, 5.41) is 9.67. The molecule has 0 spiro atoms. The molecule has 1 aliphatic rings. The van der Waals surface area contributed by atoms with Crippen molar-refractivity contribution in [2.75, 3.05) is 18.5 Å². The zero-order valence-corrected chi connectivity index (χ0v) is 19.7. The van der Waals surface area contributed by atoms with Gasteiger partial charge in [0.2, 0.25) is 11.6 Å². The average molecular weight is 448 g/mol. The zero-order chi connectivity index (χ0) is 23.3. The van der Waals surface area contributed by atoms with Crippen LogP contribution in [0, 0.1) is 23.3 Å². The molecule has 166 valence electrons. The molecule has 0 radical (unpaired) electrons. The number of aromatic nitrogens is 1. The van der Waals surface area contributed by atoms with Gasteiger partial charge in [0.1, 0.15) is 22.2 Å². The molecule has 2 aromatic rings. The molecule has 1 atom stereocenters. The first-order valence-electron chi connectivity index (χ1n) is 10.9. The number of rotatable bonds is 10. The van der Waals surface area contributed by atoms with Crippen LogP contribution in [0.5, 0.6) is 0 Å². The van der Waals surface area contributed by atoms with Gasteiger partial charge in [0.15, 0.2) is 0 Å². The van der Waals surface area contributed by atoms with Gasteiger partial charge in [0, 0.05) is 13.6 Å². The molecule has 1 aliphatic carbocycles. The van der Waals surface area contributed by atoms with Crippen LogP contribution in [0.1, 0.15) is 61.5 Å². The van der Waals surface area contributed by atoms with E-state index >= 15 is 0 Å². The fourth-order valence-corrected chi connectivity index (χ4v) is 4.92. The second-order valence-electron chi connectivity index (χ2n) is 8.67. The van der Waals surface area contributed by atoms with Crippen LogP contribution in [0.3, 0.4) is 0 Å². The number of nitriles is 1. The SMILES string of the molecule is [C-]#[N+]c1c(N(C)CCCC2(C)CC2)nc(SC(C(N)=O)c2ccccc2)c(C#N)c1CC. The van der Waals surface area contributed by atoms with Gasteiger partial charge >= 0.3 is 0 Å². The number of nitrogens with zero attached hydrogens (tertiary/aromatic N) is 4. The molecule has 32 heavy (non-hydrogen) atoms. The van der Waals surface area contributed by atoms with Gasteiger partial charge in [0.05, 0.1) is 12.1 Å². The highest BCUT2D eigenvalue weighted by Crippen LogP contribution is 2.49. The topological polar surface area (TPSA) is 87.4 Å². The lowest BCUT2D eigenvalue weighted by atomic mass is 10.0. The molecular formula is C25H29N5OS. The highest BCUT2D eigenvalue weighted by atomic mass is 32.2. The maximum absolute atomic E-state index is 12.3. The third-order valence-corrected chi connectivity index (χ3v) is 7.39. The van der Waals surface area contributed by atoms with Crippen LogP contribution in [0.2, 0.25) is 0 Å². The smallest absolute Gasteiger partial charge is 0.235 e. The summed E-state index contributed by atoms with van der Waals surface area (Å²) in [7, 11) is 1.94. The number of pyridine rings is 1. The summed E-state index contributed by atoms with van der Waals surface area (Å²) >= 11 is 1.18. The second-order valence-corrected chi connectivity index (χ2v) is 9.76. The number of anilines is 1. The summed E-state index contributed by atoms with van der Waals surface area (Å²) < 4.78 is 0. The minimum absolute atomic E-state index is 0.355. The highest BCUT2D eigenvalue weighted by molar-refractivity contribution is 8.00. The van der Waals surface area contributed by atoms with Gasteiger partial charge in [-0.1, -0.05) is 55.9 Å². The van der Waals surface area contributed by atoms with E-state index in [0.717, 1.165) is 24.9 Å². The van der Waals surface area contributed by atoms with Crippen molar-refractivity contribution in [2.24, 2.45) is 11.1 Å². The molecule has 1 aromatic heterocycles. The largest absolute Gasteiger partial charge is 0.368 e. The number of hydrogen-bond donors (Lipinski definition) is 1. The highest BCUT2D eigenvalue weighted by Gasteiger charge is 2.36. The molecule has 1 heterocycles. The number of hydrogen-bond acceptors (Lipinski definition) is 5. The molecule has 1 unspecified atom stereocenters. The Morgan fingerprint density at radius 2 is 2.09 bits per heavy atom. The van der Waals surface area contributed by atoms with Crippen molar-refractivity contribution in [1.82, 2.24) is 4.98 Å². The Morgan fingerprint density at radius 3 is 2.62 bits per heavy atom. The second kappa shape index (κ2) is 10.1. The van der Waals surface area contributed by atoms with Crippen molar-refractivity contribution in [3.05, 3.63) is 58.4 Å². The Labute approximate surface area is 194 Å². The van der Waals surface area contributed by atoms with Gasteiger partial charge < -0.3 is 10.6 Å². The van der Waals surface area contributed by atoms with Crippen LogP contribution in [0.15, 0.2) is 35.4 Å². The molecule has 1 saturated carbocycles. The van der Waals surface area contributed by atoms with E-state index in [0.29, 0.717) is 39.5 Å². The summed E-state index contributed by atoms with van der Waals surface area (Å²) in [4.78, 5) is 22.8. The van der Waals surface area contributed by atoms with Crippen molar-refractivity contribution >= 4 is 29.2 Å². The molecule has 0 saturated heterocycles. The molecule has 1 fully saturated rings. The summed E-state index contributed by atoms with van der Waals surface area (Å²) in [5.41, 5.74) is 8.40. The van der Waals surface area contributed by atoms with Gasteiger partial charge in [-0.3, -0.25) is 4.79 Å². The lowest BCUT2D eigenvalue weighted by Gasteiger charge is -2.24. The molecule has 6 nitrogen and oxygen atoms in total. The van der Waals surface area contributed by atoms with E-state index in [2.05, 4.69) is 17.8 Å². The Hall–Kier alpha value is -3.03. The summed E-state index contributed by atoms with van der Waals surface area (Å²) in [6.45, 7) is 12.8. The van der Waals surface area contributed by atoms with Gasteiger partial charge in [-0.15, -0.1) is 0 Å². The summed E-state index contributed by atoms with van der Waals surface area (Å²) in [6.07, 6.45) is 5.27. The first-order chi connectivity index (χ1) is 15.3. The van der Waals surface area contributed by atoms with Crippen molar-refractivity contribution in [3.63, 3.8) is 0 Å². The fraction of sp³-hybridized carbons (Fsp3) is 0.440.